The summed E-state index contributed by atoms with van der Waals surface area (Å²) in [5, 5.41) is 16.9. The number of nitrogens with one attached hydrogen (secondary N) is 2. The molecule has 0 radical (unpaired) electrons. The van der Waals surface area contributed by atoms with E-state index in [4.69, 9.17) is 0 Å². The molecule has 2 rings (SSSR count). The lowest BCUT2D eigenvalue weighted by molar-refractivity contribution is 0.881. The predicted octanol–water partition coefficient (Wildman–Crippen LogP) is 1.31. The summed E-state index contributed by atoms with van der Waals surface area (Å²) in [7, 11) is 0. The molecule has 6 nitrogen and oxygen atoms in total. The van der Waals surface area contributed by atoms with Crippen molar-refractivity contribution in [1.29, 1.82) is 0 Å². The minimum absolute atomic E-state index is 0.337. The van der Waals surface area contributed by atoms with E-state index in [-0.39, 0.29) is 0 Å². The molecular formula is C10H10N6. The van der Waals surface area contributed by atoms with Crippen LogP contribution < -0.4 is 5.43 Å². The lowest BCUT2D eigenvalue weighted by atomic mass is 10.2. The monoisotopic (exact) mass is 214 g/mol. The maximum absolute atomic E-state index is 3.88. The molecule has 0 saturated heterocycles. The molecule has 0 fully saturated rings. The molecule has 0 aliphatic rings. The molecule has 0 spiro atoms. The molecule has 1 aromatic heterocycles. The quantitative estimate of drug-likeness (QED) is 0.594. The zero-order chi connectivity index (χ0) is 11.1. The van der Waals surface area contributed by atoms with Gasteiger partial charge in [0.15, 0.2) is 0 Å². The van der Waals surface area contributed by atoms with Gasteiger partial charge in [0, 0.05) is 6.21 Å². The molecular weight excluding hydrogens is 204 g/mol. The summed E-state index contributed by atoms with van der Waals surface area (Å²) in [6.07, 6.45) is 5.38. The standard InChI is InChI=1S/C10H10N6/c1-2-5-9(6-3-1)7-4-8-11-12-10-13-15-16-14-10/h1-8H,(H2,12,13,14,15,16)/b7-4+,11-8+. The second kappa shape index (κ2) is 5.40. The molecule has 1 heterocycles. The molecule has 2 aromatic rings. The number of hydrogen-bond donors (Lipinski definition) is 2. The molecule has 80 valence electrons. The number of anilines is 1. The maximum Gasteiger partial charge on any atom is 0.283 e. The van der Waals surface area contributed by atoms with Crippen molar-refractivity contribution in [3.8, 4) is 0 Å². The van der Waals surface area contributed by atoms with Crippen LogP contribution in [0.25, 0.3) is 6.08 Å². The normalized spacial score (nSPS) is 11.2. The number of rotatable bonds is 4. The van der Waals surface area contributed by atoms with Gasteiger partial charge in [0.1, 0.15) is 0 Å². The summed E-state index contributed by atoms with van der Waals surface area (Å²) in [6, 6.07) is 9.96. The number of hydrogen-bond acceptors (Lipinski definition) is 5. The number of aromatic nitrogens is 4. The fraction of sp³-hybridized carbons (Fsp3) is 0. The Morgan fingerprint density at radius 1 is 1.25 bits per heavy atom. The largest absolute Gasteiger partial charge is 0.283 e. The van der Waals surface area contributed by atoms with Gasteiger partial charge in [-0.25, -0.2) is 5.43 Å². The van der Waals surface area contributed by atoms with Crippen molar-refractivity contribution in [1.82, 2.24) is 20.6 Å². The Kier molecular flexibility index (Phi) is 3.38. The fourth-order valence-corrected chi connectivity index (χ4v) is 1.07. The Labute approximate surface area is 92.1 Å². The molecule has 0 saturated carbocycles. The summed E-state index contributed by atoms with van der Waals surface area (Å²) in [4.78, 5) is 0. The molecule has 0 unspecified atom stereocenters. The molecule has 16 heavy (non-hydrogen) atoms. The van der Waals surface area contributed by atoms with Gasteiger partial charge >= 0.3 is 0 Å². The summed E-state index contributed by atoms with van der Waals surface area (Å²) >= 11 is 0. The number of benzene rings is 1. The van der Waals surface area contributed by atoms with Gasteiger partial charge in [0.25, 0.3) is 5.95 Å². The van der Waals surface area contributed by atoms with Gasteiger partial charge in [-0.05, 0) is 16.9 Å². The van der Waals surface area contributed by atoms with Gasteiger partial charge in [0.2, 0.25) is 0 Å². The van der Waals surface area contributed by atoms with Crippen LogP contribution in [0.4, 0.5) is 5.95 Å². The third kappa shape index (κ3) is 3.02. The lowest BCUT2D eigenvalue weighted by Crippen LogP contribution is -1.90. The van der Waals surface area contributed by atoms with Crippen LogP contribution in [0.3, 0.4) is 0 Å². The van der Waals surface area contributed by atoms with Crippen LogP contribution in [-0.2, 0) is 0 Å². The van der Waals surface area contributed by atoms with Gasteiger partial charge in [-0.3, -0.25) is 0 Å². The number of H-pyrrole nitrogens is 1. The summed E-state index contributed by atoms with van der Waals surface area (Å²) in [6.45, 7) is 0. The Morgan fingerprint density at radius 2 is 2.12 bits per heavy atom. The molecule has 0 aliphatic heterocycles. The summed E-state index contributed by atoms with van der Waals surface area (Å²) in [5.41, 5.74) is 3.73. The zero-order valence-corrected chi connectivity index (χ0v) is 8.41. The van der Waals surface area contributed by atoms with E-state index in [9.17, 15) is 0 Å². The molecule has 2 N–H and O–H groups in total. The van der Waals surface area contributed by atoms with Crippen LogP contribution in [0, 0.1) is 0 Å². The number of allylic oxidation sites excluding steroid dienone is 1. The fourth-order valence-electron chi connectivity index (χ4n) is 1.07. The molecule has 0 amide bonds. The first kappa shape index (κ1) is 10.0. The van der Waals surface area contributed by atoms with Crippen LogP contribution in [0.5, 0.6) is 0 Å². The Bertz CT molecular complexity index is 459. The van der Waals surface area contributed by atoms with Crippen molar-refractivity contribution in [2.75, 3.05) is 5.43 Å². The van der Waals surface area contributed by atoms with E-state index in [1.165, 1.54) is 0 Å². The SMILES string of the molecule is C(=C\c1ccccc1)/C=N/Nc1nn[nH]n1. The van der Waals surface area contributed by atoms with Gasteiger partial charge in [-0.1, -0.05) is 41.5 Å². The van der Waals surface area contributed by atoms with E-state index in [1.807, 2.05) is 42.5 Å². The van der Waals surface area contributed by atoms with Crippen molar-refractivity contribution in [2.24, 2.45) is 5.10 Å². The first-order chi connectivity index (χ1) is 7.95. The van der Waals surface area contributed by atoms with E-state index < -0.39 is 0 Å². The third-order valence-electron chi connectivity index (χ3n) is 1.76. The Morgan fingerprint density at radius 3 is 2.88 bits per heavy atom. The number of tetrazole rings is 1. The van der Waals surface area contributed by atoms with Gasteiger partial charge in [-0.15, -0.1) is 5.10 Å². The van der Waals surface area contributed by atoms with Crippen LogP contribution in [0.1, 0.15) is 5.56 Å². The average molecular weight is 214 g/mol. The van der Waals surface area contributed by atoms with Gasteiger partial charge in [-0.2, -0.15) is 10.3 Å². The summed E-state index contributed by atoms with van der Waals surface area (Å²) < 4.78 is 0. The first-order valence-corrected chi connectivity index (χ1v) is 4.69. The number of nitrogens with zero attached hydrogens (tertiary/aromatic N) is 4. The van der Waals surface area contributed by atoms with Crippen molar-refractivity contribution in [3.05, 3.63) is 42.0 Å². The van der Waals surface area contributed by atoms with Crippen molar-refractivity contribution in [2.45, 2.75) is 0 Å². The third-order valence-corrected chi connectivity index (χ3v) is 1.76. The van der Waals surface area contributed by atoms with E-state index in [1.54, 1.807) is 6.21 Å². The second-order valence-electron chi connectivity index (χ2n) is 2.90. The van der Waals surface area contributed by atoms with E-state index in [2.05, 4.69) is 31.2 Å². The average Bonchev–Trinajstić information content (AvgIpc) is 2.83. The van der Waals surface area contributed by atoms with Crippen molar-refractivity contribution >= 4 is 18.2 Å². The lowest BCUT2D eigenvalue weighted by Gasteiger charge is -1.89. The Hall–Kier alpha value is -2.50. The molecule has 0 bridgehead atoms. The minimum Gasteiger partial charge on any atom is -0.243 e. The summed E-state index contributed by atoms with van der Waals surface area (Å²) in [5.74, 6) is 0.337. The smallest absolute Gasteiger partial charge is 0.243 e. The molecule has 6 heteroatoms. The van der Waals surface area contributed by atoms with Gasteiger partial charge < -0.3 is 0 Å². The van der Waals surface area contributed by atoms with Crippen LogP contribution in [0.2, 0.25) is 0 Å². The van der Waals surface area contributed by atoms with E-state index >= 15 is 0 Å². The number of hydrazone groups is 1. The highest BCUT2D eigenvalue weighted by atomic mass is 15.5. The van der Waals surface area contributed by atoms with Crippen LogP contribution in [-0.4, -0.2) is 26.8 Å². The van der Waals surface area contributed by atoms with Crippen LogP contribution in [0.15, 0.2) is 41.5 Å². The van der Waals surface area contributed by atoms with Crippen molar-refractivity contribution < 1.29 is 0 Å². The highest BCUT2D eigenvalue weighted by Crippen LogP contribution is 1.99. The topological polar surface area (TPSA) is 78.9 Å². The Balaban J connectivity index is 1.83. The zero-order valence-electron chi connectivity index (χ0n) is 8.41. The molecule has 0 atom stereocenters. The second-order valence-corrected chi connectivity index (χ2v) is 2.90. The predicted molar refractivity (Wildman–Crippen MR) is 61.8 cm³/mol. The van der Waals surface area contributed by atoms with Gasteiger partial charge in [0.05, 0.1) is 0 Å². The first-order valence-electron chi connectivity index (χ1n) is 4.69. The van der Waals surface area contributed by atoms with E-state index in [0.717, 1.165) is 5.56 Å². The minimum atomic E-state index is 0.337. The number of aromatic amines is 1. The van der Waals surface area contributed by atoms with E-state index in [0.29, 0.717) is 5.95 Å². The maximum atomic E-state index is 3.88. The molecule has 1 aromatic carbocycles. The highest BCUT2D eigenvalue weighted by molar-refractivity contribution is 5.78. The highest BCUT2D eigenvalue weighted by Gasteiger charge is 1.89. The molecule has 0 aliphatic carbocycles. The van der Waals surface area contributed by atoms with Crippen molar-refractivity contribution in [3.63, 3.8) is 0 Å². The van der Waals surface area contributed by atoms with Crippen LogP contribution >= 0.6 is 0 Å².